The predicted octanol–water partition coefficient (Wildman–Crippen LogP) is 5.11. The smallest absolute Gasteiger partial charge is 0.117 e. The Morgan fingerprint density at radius 1 is 1.13 bits per heavy atom. The van der Waals surface area contributed by atoms with Gasteiger partial charge in [-0.05, 0) is 73.2 Å². The van der Waals surface area contributed by atoms with Gasteiger partial charge in [-0.2, -0.15) is 5.26 Å². The van der Waals surface area contributed by atoms with Crippen molar-refractivity contribution < 1.29 is 9.84 Å². The van der Waals surface area contributed by atoms with Crippen LogP contribution in [0.15, 0.2) is 54.7 Å². The second-order valence-electron chi connectivity index (χ2n) is 7.31. The Balaban J connectivity index is 0.000000194. The van der Waals surface area contributed by atoms with Gasteiger partial charge >= 0.3 is 0 Å². The maximum Gasteiger partial charge on any atom is 0.117 e. The summed E-state index contributed by atoms with van der Waals surface area (Å²) in [6.45, 7) is 0.437. The molecule has 31 heavy (non-hydrogen) atoms. The number of hydrogen-bond acceptors (Lipinski definition) is 6. The number of benzene rings is 2. The molecule has 6 heteroatoms. The zero-order chi connectivity index (χ0) is 22.1. The number of hydrogen-bond donors (Lipinski definition) is 3. The fourth-order valence-corrected chi connectivity index (χ4v) is 3.52. The first-order valence-corrected chi connectivity index (χ1v) is 10.2. The molecule has 1 aliphatic carbocycles. The van der Waals surface area contributed by atoms with E-state index < -0.39 is 0 Å². The highest BCUT2D eigenvalue weighted by molar-refractivity contribution is 5.87. The lowest BCUT2D eigenvalue weighted by Gasteiger charge is -2.14. The lowest BCUT2D eigenvalue weighted by atomic mass is 9.91. The van der Waals surface area contributed by atoms with E-state index in [4.69, 9.17) is 15.4 Å². The Bertz CT molecular complexity index is 1090. The van der Waals surface area contributed by atoms with Crippen molar-refractivity contribution in [1.29, 1.82) is 10.7 Å². The topological polar surface area (TPSA) is 102 Å². The average molecular weight is 415 g/mol. The van der Waals surface area contributed by atoms with Crippen molar-refractivity contribution in [3.8, 4) is 11.8 Å². The SMILES string of the molecule is COCc1cc(Nc2cc(O)ccc2C=N)ccn1.N#Cc1ccc2c(c1)CCCC2. The van der Waals surface area contributed by atoms with Gasteiger partial charge in [0, 0.05) is 36.8 Å². The third-order valence-electron chi connectivity index (χ3n) is 5.06. The van der Waals surface area contributed by atoms with E-state index in [0.29, 0.717) is 17.9 Å². The molecule has 158 valence electrons. The van der Waals surface area contributed by atoms with Crippen LogP contribution in [0.3, 0.4) is 0 Å². The summed E-state index contributed by atoms with van der Waals surface area (Å²) < 4.78 is 5.03. The second-order valence-corrected chi connectivity index (χ2v) is 7.31. The number of nitriles is 1. The maximum absolute atomic E-state index is 9.50. The minimum atomic E-state index is 0.152. The van der Waals surface area contributed by atoms with Crippen LogP contribution in [-0.2, 0) is 24.2 Å². The van der Waals surface area contributed by atoms with Crippen LogP contribution in [0.4, 0.5) is 11.4 Å². The van der Waals surface area contributed by atoms with Crippen molar-refractivity contribution in [3.63, 3.8) is 0 Å². The highest BCUT2D eigenvalue weighted by Crippen LogP contribution is 2.24. The molecule has 0 bridgehead atoms. The fraction of sp³-hybridized carbons (Fsp3) is 0.240. The largest absolute Gasteiger partial charge is 0.508 e. The first-order chi connectivity index (χ1) is 15.1. The summed E-state index contributed by atoms with van der Waals surface area (Å²) in [5.41, 5.74) is 6.64. The number of phenols is 1. The Morgan fingerprint density at radius 2 is 1.94 bits per heavy atom. The number of anilines is 2. The maximum atomic E-state index is 9.50. The second kappa shape index (κ2) is 10.9. The molecule has 3 N–H and O–H groups in total. The van der Waals surface area contributed by atoms with Gasteiger partial charge in [0.15, 0.2) is 0 Å². The third kappa shape index (κ3) is 6.14. The van der Waals surface area contributed by atoms with Gasteiger partial charge in [0.05, 0.1) is 29.6 Å². The van der Waals surface area contributed by atoms with E-state index in [-0.39, 0.29) is 5.75 Å². The Labute approximate surface area is 182 Å². The molecule has 0 saturated heterocycles. The predicted molar refractivity (Wildman–Crippen MR) is 122 cm³/mol. The minimum Gasteiger partial charge on any atom is -0.508 e. The summed E-state index contributed by atoms with van der Waals surface area (Å²) >= 11 is 0. The summed E-state index contributed by atoms with van der Waals surface area (Å²) in [5, 5.41) is 28.7. The number of methoxy groups -OCH3 is 1. The van der Waals surface area contributed by atoms with Crippen molar-refractivity contribution in [3.05, 3.63) is 82.7 Å². The molecule has 0 fully saturated rings. The fourth-order valence-electron chi connectivity index (χ4n) is 3.52. The van der Waals surface area contributed by atoms with Crippen molar-refractivity contribution >= 4 is 17.6 Å². The highest BCUT2D eigenvalue weighted by Gasteiger charge is 2.08. The van der Waals surface area contributed by atoms with E-state index in [1.807, 2.05) is 24.3 Å². The molecule has 0 saturated carbocycles. The van der Waals surface area contributed by atoms with Crippen LogP contribution >= 0.6 is 0 Å². The molecule has 2 aromatic carbocycles. The van der Waals surface area contributed by atoms with Crippen LogP contribution in [-0.4, -0.2) is 23.4 Å². The van der Waals surface area contributed by atoms with Crippen LogP contribution < -0.4 is 5.32 Å². The van der Waals surface area contributed by atoms with Crippen LogP contribution in [0.25, 0.3) is 0 Å². The normalized spacial score (nSPS) is 12.0. The van der Waals surface area contributed by atoms with E-state index in [0.717, 1.165) is 23.4 Å². The molecule has 0 aliphatic heterocycles. The zero-order valence-electron chi connectivity index (χ0n) is 17.6. The molecule has 4 rings (SSSR count). The van der Waals surface area contributed by atoms with E-state index in [2.05, 4.69) is 22.4 Å². The average Bonchev–Trinajstić information content (AvgIpc) is 2.80. The molecular weight excluding hydrogens is 388 g/mol. The molecule has 1 heterocycles. The van der Waals surface area contributed by atoms with E-state index in [9.17, 15) is 5.11 Å². The number of pyridine rings is 1. The Morgan fingerprint density at radius 3 is 2.68 bits per heavy atom. The van der Waals surface area contributed by atoms with Crippen molar-refractivity contribution in [2.45, 2.75) is 32.3 Å². The molecule has 1 aromatic heterocycles. The van der Waals surface area contributed by atoms with Crippen LogP contribution in [0, 0.1) is 16.7 Å². The van der Waals surface area contributed by atoms with Gasteiger partial charge in [0.2, 0.25) is 0 Å². The number of phenolic OH excluding ortho intramolecular Hbond substituents is 1. The van der Waals surface area contributed by atoms with Gasteiger partial charge in [-0.25, -0.2) is 0 Å². The number of ether oxygens (including phenoxy) is 1. The molecular formula is C25H26N4O2. The number of aromatic hydroxyl groups is 1. The van der Waals surface area contributed by atoms with E-state index in [1.54, 1.807) is 31.5 Å². The summed E-state index contributed by atoms with van der Waals surface area (Å²) in [5.74, 6) is 0.152. The van der Waals surface area contributed by atoms with E-state index in [1.165, 1.54) is 36.6 Å². The summed E-state index contributed by atoms with van der Waals surface area (Å²) in [6.07, 6.45) is 7.86. The molecule has 0 unspecified atom stereocenters. The van der Waals surface area contributed by atoms with Gasteiger partial charge in [-0.3, -0.25) is 4.98 Å². The van der Waals surface area contributed by atoms with Gasteiger partial charge in [-0.15, -0.1) is 0 Å². The van der Waals surface area contributed by atoms with Crippen LogP contribution in [0.2, 0.25) is 0 Å². The monoisotopic (exact) mass is 414 g/mol. The zero-order valence-corrected chi connectivity index (χ0v) is 17.6. The summed E-state index contributed by atoms with van der Waals surface area (Å²) in [7, 11) is 1.62. The number of fused-ring (bicyclic) bond motifs is 1. The number of aromatic nitrogens is 1. The third-order valence-corrected chi connectivity index (χ3v) is 5.06. The lowest BCUT2D eigenvalue weighted by Crippen LogP contribution is -2.02. The van der Waals surface area contributed by atoms with Gasteiger partial charge in [-0.1, -0.05) is 6.07 Å². The summed E-state index contributed by atoms with van der Waals surface area (Å²) in [6, 6.07) is 16.7. The number of aryl methyl sites for hydroxylation is 2. The molecule has 6 nitrogen and oxygen atoms in total. The highest BCUT2D eigenvalue weighted by atomic mass is 16.5. The van der Waals surface area contributed by atoms with Crippen LogP contribution in [0.1, 0.15) is 40.8 Å². The lowest BCUT2D eigenvalue weighted by molar-refractivity contribution is 0.181. The van der Waals surface area contributed by atoms with Crippen LogP contribution in [0.5, 0.6) is 5.75 Å². The Kier molecular flexibility index (Phi) is 7.74. The van der Waals surface area contributed by atoms with Crippen molar-refractivity contribution in [2.24, 2.45) is 0 Å². The first-order valence-electron chi connectivity index (χ1n) is 10.2. The molecule has 0 amide bonds. The van der Waals surface area contributed by atoms with Gasteiger partial charge in [0.25, 0.3) is 0 Å². The molecule has 1 aliphatic rings. The number of rotatable bonds is 5. The molecule has 0 spiro atoms. The van der Waals surface area contributed by atoms with Crippen molar-refractivity contribution in [1.82, 2.24) is 4.98 Å². The summed E-state index contributed by atoms with van der Waals surface area (Å²) in [4.78, 5) is 4.17. The molecule has 0 atom stereocenters. The van der Waals surface area contributed by atoms with E-state index >= 15 is 0 Å². The standard InChI is InChI=1S/C14H15N3O2.C11H11N/c1-19-9-12-6-11(4-5-16-12)17-14-7-13(18)3-2-10(14)8-15;12-8-9-5-6-10-3-1-2-4-11(10)7-9/h2-8,15,18H,9H2,1H3,(H,16,17);5-7H,1-4H2. The minimum absolute atomic E-state index is 0.152. The van der Waals surface area contributed by atoms with Crippen molar-refractivity contribution in [2.75, 3.05) is 12.4 Å². The van der Waals surface area contributed by atoms with Gasteiger partial charge < -0.3 is 20.6 Å². The first kappa shape index (κ1) is 22.0. The number of nitrogens with one attached hydrogen (secondary N) is 2. The number of nitrogens with zero attached hydrogens (tertiary/aromatic N) is 2. The molecule has 3 aromatic rings. The Hall–Kier alpha value is -3.69. The molecule has 0 radical (unpaired) electrons. The quantitative estimate of drug-likeness (QED) is 0.503. The van der Waals surface area contributed by atoms with Gasteiger partial charge in [0.1, 0.15) is 5.75 Å².